The van der Waals surface area contributed by atoms with E-state index in [-0.39, 0.29) is 16.5 Å². The number of benzene rings is 2. The van der Waals surface area contributed by atoms with Crippen LogP contribution in [-0.4, -0.2) is 41.4 Å². The monoisotopic (exact) mass is 424 g/mol. The maximum absolute atomic E-state index is 14.0. The van der Waals surface area contributed by atoms with E-state index in [9.17, 15) is 9.50 Å². The SMILES string of the molecule is CN(C)CC1CC2(CCC1(O)c1cccc(F)c1)SCCc1c2[nH]c2ccccc12. The van der Waals surface area contributed by atoms with Gasteiger partial charge < -0.3 is 15.0 Å². The summed E-state index contributed by atoms with van der Waals surface area (Å²) in [7, 11) is 4.10. The molecule has 3 nitrogen and oxygen atoms in total. The molecule has 3 aromatic rings. The summed E-state index contributed by atoms with van der Waals surface area (Å²) in [5, 5.41) is 13.2. The van der Waals surface area contributed by atoms with Crippen molar-refractivity contribution in [1.82, 2.24) is 9.88 Å². The molecule has 0 bridgehead atoms. The first-order valence-electron chi connectivity index (χ1n) is 10.8. The van der Waals surface area contributed by atoms with Gasteiger partial charge in [0.2, 0.25) is 0 Å². The summed E-state index contributed by atoms with van der Waals surface area (Å²) in [6.45, 7) is 0.769. The summed E-state index contributed by atoms with van der Waals surface area (Å²) < 4.78 is 14.0. The molecule has 2 aliphatic rings. The maximum Gasteiger partial charge on any atom is 0.123 e. The highest BCUT2D eigenvalue weighted by Crippen LogP contribution is 2.58. The molecular weight excluding hydrogens is 395 g/mol. The molecule has 1 aliphatic carbocycles. The van der Waals surface area contributed by atoms with Gasteiger partial charge in [0.15, 0.2) is 0 Å². The van der Waals surface area contributed by atoms with E-state index in [4.69, 9.17) is 0 Å². The van der Waals surface area contributed by atoms with Crippen LogP contribution in [0.1, 0.15) is 36.1 Å². The second kappa shape index (κ2) is 7.40. The van der Waals surface area contributed by atoms with Gasteiger partial charge in [-0.15, -0.1) is 11.8 Å². The number of aliphatic hydroxyl groups is 1. The topological polar surface area (TPSA) is 39.3 Å². The van der Waals surface area contributed by atoms with Crippen molar-refractivity contribution in [2.75, 3.05) is 26.4 Å². The third-order valence-electron chi connectivity index (χ3n) is 7.07. The van der Waals surface area contributed by atoms with Gasteiger partial charge in [-0.2, -0.15) is 0 Å². The van der Waals surface area contributed by atoms with Crippen LogP contribution in [0.2, 0.25) is 0 Å². The highest BCUT2D eigenvalue weighted by atomic mass is 32.2. The van der Waals surface area contributed by atoms with Gasteiger partial charge in [-0.05, 0) is 74.9 Å². The van der Waals surface area contributed by atoms with Crippen LogP contribution in [-0.2, 0) is 16.8 Å². The number of aromatic nitrogens is 1. The Labute approximate surface area is 181 Å². The lowest BCUT2D eigenvalue weighted by Crippen LogP contribution is -2.50. The summed E-state index contributed by atoms with van der Waals surface area (Å²) in [5.41, 5.74) is 3.71. The third kappa shape index (κ3) is 3.19. The lowest BCUT2D eigenvalue weighted by Gasteiger charge is -2.51. The Morgan fingerprint density at radius 1 is 1.17 bits per heavy atom. The molecule has 2 heterocycles. The summed E-state index contributed by atoms with van der Waals surface area (Å²) in [5.74, 6) is 0.838. The molecule has 0 radical (unpaired) electrons. The van der Waals surface area contributed by atoms with E-state index in [1.165, 1.54) is 34.3 Å². The first kappa shape index (κ1) is 20.1. The van der Waals surface area contributed by atoms with Gasteiger partial charge in [-0.3, -0.25) is 0 Å². The van der Waals surface area contributed by atoms with Crippen molar-refractivity contribution in [2.24, 2.45) is 5.92 Å². The fraction of sp³-hybridized carbons (Fsp3) is 0.440. The smallest absolute Gasteiger partial charge is 0.123 e. The minimum atomic E-state index is -1.01. The third-order valence-corrected chi connectivity index (χ3v) is 8.61. The molecule has 5 rings (SSSR count). The van der Waals surface area contributed by atoms with E-state index >= 15 is 0 Å². The number of halogens is 1. The van der Waals surface area contributed by atoms with E-state index in [0.29, 0.717) is 12.0 Å². The highest BCUT2D eigenvalue weighted by Gasteiger charge is 2.52. The van der Waals surface area contributed by atoms with Crippen molar-refractivity contribution < 1.29 is 9.50 Å². The van der Waals surface area contributed by atoms with Crippen molar-refractivity contribution in [3.63, 3.8) is 0 Å². The average molecular weight is 425 g/mol. The van der Waals surface area contributed by atoms with Gasteiger partial charge in [0, 0.05) is 29.1 Å². The van der Waals surface area contributed by atoms with Crippen LogP contribution in [0.4, 0.5) is 4.39 Å². The Kier molecular flexibility index (Phi) is 4.96. The standard InChI is InChI=1S/C25H29FN2OS/c1-28(2)16-18-15-24(11-12-25(18,29)17-6-5-7-19(26)14-17)23-21(10-13-30-24)20-8-3-4-9-22(20)27-23/h3-9,14,18,27,29H,10-13,15-16H2,1-2H3. The normalized spacial score (nSPS) is 28.9. The number of para-hydroxylation sites is 1. The first-order valence-corrected chi connectivity index (χ1v) is 11.8. The number of hydrogen-bond donors (Lipinski definition) is 2. The Balaban J connectivity index is 1.58. The highest BCUT2D eigenvalue weighted by molar-refractivity contribution is 8.00. The van der Waals surface area contributed by atoms with Gasteiger partial charge in [0.1, 0.15) is 5.82 Å². The minimum Gasteiger partial charge on any atom is -0.385 e. The van der Waals surface area contributed by atoms with Crippen molar-refractivity contribution in [2.45, 2.75) is 36.0 Å². The van der Waals surface area contributed by atoms with E-state index in [1.807, 2.05) is 17.8 Å². The summed E-state index contributed by atoms with van der Waals surface area (Å²) in [4.78, 5) is 5.90. The lowest BCUT2D eigenvalue weighted by atomic mass is 9.66. The van der Waals surface area contributed by atoms with Gasteiger partial charge in [-0.1, -0.05) is 30.3 Å². The number of fused-ring (bicyclic) bond motifs is 4. The van der Waals surface area contributed by atoms with Crippen LogP contribution in [0.3, 0.4) is 0 Å². The minimum absolute atomic E-state index is 0.0210. The number of hydrogen-bond acceptors (Lipinski definition) is 3. The fourth-order valence-corrected chi connectivity index (χ4v) is 7.27. The van der Waals surface area contributed by atoms with Crippen molar-refractivity contribution in [3.8, 4) is 0 Å². The van der Waals surface area contributed by atoms with Crippen LogP contribution >= 0.6 is 11.8 Å². The largest absolute Gasteiger partial charge is 0.385 e. The van der Waals surface area contributed by atoms with Gasteiger partial charge >= 0.3 is 0 Å². The molecule has 1 aromatic heterocycles. The Morgan fingerprint density at radius 2 is 2.00 bits per heavy atom. The average Bonchev–Trinajstić information content (AvgIpc) is 3.11. The summed E-state index contributed by atoms with van der Waals surface area (Å²) >= 11 is 2.04. The van der Waals surface area contributed by atoms with Gasteiger partial charge in [0.25, 0.3) is 0 Å². The van der Waals surface area contributed by atoms with Crippen LogP contribution in [0.5, 0.6) is 0 Å². The predicted molar refractivity (Wildman–Crippen MR) is 122 cm³/mol. The van der Waals surface area contributed by atoms with Crippen LogP contribution in [0.15, 0.2) is 48.5 Å². The zero-order valence-electron chi connectivity index (χ0n) is 17.6. The quantitative estimate of drug-likeness (QED) is 0.619. The molecule has 30 heavy (non-hydrogen) atoms. The molecule has 1 aliphatic heterocycles. The molecule has 5 heteroatoms. The molecule has 1 saturated carbocycles. The van der Waals surface area contributed by atoms with Crippen molar-refractivity contribution in [1.29, 1.82) is 0 Å². The number of rotatable bonds is 3. The molecule has 3 unspecified atom stereocenters. The molecule has 0 saturated heterocycles. The Hall–Kier alpha value is -1.82. The van der Waals surface area contributed by atoms with Crippen LogP contribution in [0.25, 0.3) is 10.9 Å². The second-order valence-electron chi connectivity index (χ2n) is 9.21. The molecular formula is C25H29FN2OS. The molecule has 2 aromatic carbocycles. The summed E-state index contributed by atoms with van der Waals surface area (Å²) in [6.07, 6.45) is 3.48. The zero-order valence-corrected chi connectivity index (χ0v) is 18.4. The number of thioether (sulfide) groups is 1. The van der Waals surface area contributed by atoms with E-state index in [2.05, 4.69) is 48.2 Å². The Morgan fingerprint density at radius 3 is 2.80 bits per heavy atom. The van der Waals surface area contributed by atoms with Crippen LogP contribution < -0.4 is 0 Å². The van der Waals surface area contributed by atoms with Crippen LogP contribution in [0, 0.1) is 11.7 Å². The molecule has 1 fully saturated rings. The predicted octanol–water partition coefficient (Wildman–Crippen LogP) is 5.04. The molecule has 158 valence electrons. The van der Waals surface area contributed by atoms with Gasteiger partial charge in [-0.25, -0.2) is 4.39 Å². The number of aryl methyl sites for hydroxylation is 1. The van der Waals surface area contributed by atoms with E-state index < -0.39 is 5.60 Å². The van der Waals surface area contributed by atoms with E-state index in [0.717, 1.165) is 31.6 Å². The molecule has 0 amide bonds. The number of aromatic amines is 1. The van der Waals surface area contributed by atoms with Gasteiger partial charge in [0.05, 0.1) is 10.3 Å². The number of H-pyrrole nitrogens is 1. The lowest BCUT2D eigenvalue weighted by molar-refractivity contribution is -0.0715. The fourth-order valence-electron chi connectivity index (χ4n) is 5.69. The molecule has 1 spiro atoms. The number of nitrogens with zero attached hydrogens (tertiary/aromatic N) is 1. The van der Waals surface area contributed by atoms with Crippen molar-refractivity contribution >= 4 is 22.7 Å². The number of nitrogens with one attached hydrogen (secondary N) is 1. The zero-order chi connectivity index (χ0) is 20.9. The van der Waals surface area contributed by atoms with Crippen molar-refractivity contribution in [3.05, 3.63) is 71.2 Å². The second-order valence-corrected chi connectivity index (χ2v) is 10.7. The summed E-state index contributed by atoms with van der Waals surface area (Å²) in [6, 6.07) is 15.1. The first-order chi connectivity index (χ1) is 14.4. The Bertz CT molecular complexity index is 1080. The molecule has 2 N–H and O–H groups in total. The maximum atomic E-state index is 14.0. The molecule has 3 atom stereocenters. The van der Waals surface area contributed by atoms with E-state index in [1.54, 1.807) is 6.07 Å².